The summed E-state index contributed by atoms with van der Waals surface area (Å²) >= 11 is 0. The average molecular weight is 229 g/mol. The molecule has 1 fully saturated rings. The normalized spacial score (nSPS) is 28.8. The fraction of sp³-hybridized carbons (Fsp3) is 0.800. The van der Waals surface area contributed by atoms with Gasteiger partial charge < -0.3 is 21.1 Å². The Kier molecular flexibility index (Phi) is 4.26. The number of ether oxygens (including phenoxy) is 1. The third kappa shape index (κ3) is 2.70. The van der Waals surface area contributed by atoms with Gasteiger partial charge in [0.15, 0.2) is 0 Å². The molecule has 1 rings (SSSR count). The first-order valence-corrected chi connectivity index (χ1v) is 5.33. The highest BCUT2D eigenvalue weighted by Crippen LogP contribution is 2.26. The fourth-order valence-electron chi connectivity index (χ4n) is 1.54. The summed E-state index contributed by atoms with van der Waals surface area (Å²) in [5.74, 6) is -0.251. The molecular formula is C10H19N3O3. The van der Waals surface area contributed by atoms with Gasteiger partial charge in [-0.2, -0.15) is 0 Å². The van der Waals surface area contributed by atoms with Gasteiger partial charge in [0, 0.05) is 26.1 Å². The van der Waals surface area contributed by atoms with Gasteiger partial charge in [-0.05, 0) is 6.92 Å². The number of rotatable bonds is 4. The van der Waals surface area contributed by atoms with Crippen molar-refractivity contribution in [2.24, 2.45) is 11.1 Å². The molecular weight excluding hydrogens is 210 g/mol. The first kappa shape index (κ1) is 12.9. The van der Waals surface area contributed by atoms with Gasteiger partial charge in [-0.1, -0.05) is 0 Å². The van der Waals surface area contributed by atoms with Crippen molar-refractivity contribution in [1.29, 1.82) is 0 Å². The molecule has 0 aromatic rings. The van der Waals surface area contributed by atoms with Crippen molar-refractivity contribution in [3.05, 3.63) is 0 Å². The van der Waals surface area contributed by atoms with E-state index in [-0.39, 0.29) is 24.3 Å². The average Bonchev–Trinajstić information content (AvgIpc) is 2.60. The van der Waals surface area contributed by atoms with Crippen LogP contribution in [-0.4, -0.2) is 44.7 Å². The lowest BCUT2D eigenvalue weighted by molar-refractivity contribution is -0.130. The Morgan fingerprint density at radius 3 is 2.75 bits per heavy atom. The predicted molar refractivity (Wildman–Crippen MR) is 58.6 cm³/mol. The van der Waals surface area contributed by atoms with Crippen molar-refractivity contribution in [3.63, 3.8) is 0 Å². The lowest BCUT2D eigenvalue weighted by Gasteiger charge is -2.25. The van der Waals surface area contributed by atoms with Crippen LogP contribution in [0.4, 0.5) is 0 Å². The third-order valence-electron chi connectivity index (χ3n) is 2.95. The minimum absolute atomic E-state index is 0.0996. The highest BCUT2D eigenvalue weighted by Gasteiger charge is 2.44. The summed E-state index contributed by atoms with van der Waals surface area (Å²) in [7, 11) is 1.56. The molecule has 0 bridgehead atoms. The Bertz CT molecular complexity index is 282. The van der Waals surface area contributed by atoms with E-state index in [4.69, 9.17) is 10.5 Å². The smallest absolute Gasteiger partial charge is 0.229 e. The Morgan fingerprint density at radius 2 is 2.25 bits per heavy atom. The maximum Gasteiger partial charge on any atom is 0.229 e. The lowest BCUT2D eigenvalue weighted by Crippen LogP contribution is -2.50. The van der Waals surface area contributed by atoms with Crippen molar-refractivity contribution in [2.45, 2.75) is 19.4 Å². The van der Waals surface area contributed by atoms with Crippen LogP contribution in [-0.2, 0) is 14.3 Å². The maximum absolute atomic E-state index is 11.8. The Hall–Kier alpha value is -1.14. The summed E-state index contributed by atoms with van der Waals surface area (Å²) in [6, 6.07) is -0.285. The first-order chi connectivity index (χ1) is 7.50. The van der Waals surface area contributed by atoms with Crippen molar-refractivity contribution in [3.8, 4) is 0 Å². The predicted octanol–water partition coefficient (Wildman–Crippen LogP) is -1.40. The van der Waals surface area contributed by atoms with Crippen LogP contribution in [0.3, 0.4) is 0 Å². The molecule has 1 aliphatic heterocycles. The monoisotopic (exact) mass is 229 g/mol. The molecule has 4 N–H and O–H groups in total. The summed E-state index contributed by atoms with van der Waals surface area (Å²) < 4.78 is 5.18. The van der Waals surface area contributed by atoms with Crippen LogP contribution in [0.25, 0.3) is 0 Å². The quantitative estimate of drug-likeness (QED) is 0.553. The van der Waals surface area contributed by atoms with Crippen molar-refractivity contribution in [1.82, 2.24) is 10.6 Å². The molecule has 2 amide bonds. The summed E-state index contributed by atoms with van der Waals surface area (Å²) in [5.41, 5.74) is 5.13. The molecule has 6 nitrogen and oxygen atoms in total. The number of hydrogen-bond acceptors (Lipinski definition) is 4. The molecule has 16 heavy (non-hydrogen) atoms. The molecule has 2 unspecified atom stereocenters. The Balaban J connectivity index is 2.37. The molecule has 0 saturated carbocycles. The standard InChI is InChI=1S/C10H19N3O3/c1-10(6-16-5-7(10)11)9(15)13-4-3-8(14)12-2/h7H,3-6,11H2,1-2H3,(H,12,14)(H,13,15). The van der Waals surface area contributed by atoms with Crippen LogP contribution in [0.1, 0.15) is 13.3 Å². The largest absolute Gasteiger partial charge is 0.379 e. The number of nitrogens with one attached hydrogen (secondary N) is 2. The van der Waals surface area contributed by atoms with E-state index < -0.39 is 5.41 Å². The van der Waals surface area contributed by atoms with E-state index in [2.05, 4.69) is 10.6 Å². The van der Waals surface area contributed by atoms with E-state index in [1.54, 1.807) is 14.0 Å². The molecule has 0 radical (unpaired) electrons. The highest BCUT2D eigenvalue weighted by molar-refractivity contribution is 5.84. The Labute approximate surface area is 94.9 Å². The van der Waals surface area contributed by atoms with Crippen molar-refractivity contribution in [2.75, 3.05) is 26.8 Å². The second kappa shape index (κ2) is 5.27. The SMILES string of the molecule is CNC(=O)CCNC(=O)C1(C)COCC1N. The molecule has 1 heterocycles. The van der Waals surface area contributed by atoms with Crippen LogP contribution >= 0.6 is 0 Å². The number of hydrogen-bond donors (Lipinski definition) is 3. The molecule has 6 heteroatoms. The highest BCUT2D eigenvalue weighted by atomic mass is 16.5. The van der Waals surface area contributed by atoms with E-state index in [9.17, 15) is 9.59 Å². The molecule has 0 aromatic heterocycles. The zero-order valence-corrected chi connectivity index (χ0v) is 9.71. The molecule has 92 valence electrons. The number of carbonyl (C=O) groups excluding carboxylic acids is 2. The van der Waals surface area contributed by atoms with Crippen LogP contribution < -0.4 is 16.4 Å². The van der Waals surface area contributed by atoms with Crippen LogP contribution in [0.5, 0.6) is 0 Å². The number of carbonyl (C=O) groups is 2. The Morgan fingerprint density at radius 1 is 1.56 bits per heavy atom. The van der Waals surface area contributed by atoms with Gasteiger partial charge >= 0.3 is 0 Å². The first-order valence-electron chi connectivity index (χ1n) is 5.33. The lowest BCUT2D eigenvalue weighted by atomic mass is 9.85. The van der Waals surface area contributed by atoms with E-state index in [1.807, 2.05) is 0 Å². The van der Waals surface area contributed by atoms with Gasteiger partial charge in [0.1, 0.15) is 0 Å². The molecule has 1 saturated heterocycles. The van der Waals surface area contributed by atoms with Crippen molar-refractivity contribution >= 4 is 11.8 Å². The van der Waals surface area contributed by atoms with Crippen LogP contribution in [0, 0.1) is 5.41 Å². The van der Waals surface area contributed by atoms with E-state index in [1.165, 1.54) is 0 Å². The van der Waals surface area contributed by atoms with Crippen molar-refractivity contribution < 1.29 is 14.3 Å². The van der Waals surface area contributed by atoms with Gasteiger partial charge in [-0.25, -0.2) is 0 Å². The topological polar surface area (TPSA) is 93.5 Å². The van der Waals surface area contributed by atoms with Gasteiger partial charge in [-0.3, -0.25) is 9.59 Å². The summed E-state index contributed by atoms with van der Waals surface area (Å²) in [6.07, 6.45) is 0.272. The minimum Gasteiger partial charge on any atom is -0.379 e. The van der Waals surface area contributed by atoms with Crippen LogP contribution in [0.2, 0.25) is 0 Å². The number of amides is 2. The second-order valence-corrected chi connectivity index (χ2v) is 4.22. The second-order valence-electron chi connectivity index (χ2n) is 4.22. The minimum atomic E-state index is -0.678. The summed E-state index contributed by atoms with van der Waals surface area (Å²) in [6.45, 7) is 2.83. The summed E-state index contributed by atoms with van der Waals surface area (Å²) in [4.78, 5) is 22.8. The summed E-state index contributed by atoms with van der Waals surface area (Å²) in [5, 5.41) is 5.19. The number of nitrogens with two attached hydrogens (primary N) is 1. The molecule has 0 aromatic carbocycles. The molecule has 0 spiro atoms. The van der Waals surface area contributed by atoms with Gasteiger partial charge in [0.05, 0.1) is 18.6 Å². The molecule has 2 atom stereocenters. The van der Waals surface area contributed by atoms with Gasteiger partial charge in [0.2, 0.25) is 11.8 Å². The molecule has 1 aliphatic rings. The zero-order valence-electron chi connectivity index (χ0n) is 9.71. The maximum atomic E-state index is 11.8. The molecule has 0 aliphatic carbocycles. The van der Waals surface area contributed by atoms with E-state index in [0.717, 1.165) is 0 Å². The van der Waals surface area contributed by atoms with Gasteiger partial charge in [-0.15, -0.1) is 0 Å². The van der Waals surface area contributed by atoms with Gasteiger partial charge in [0.25, 0.3) is 0 Å². The van der Waals surface area contributed by atoms with Crippen LogP contribution in [0.15, 0.2) is 0 Å². The van der Waals surface area contributed by atoms with E-state index >= 15 is 0 Å². The zero-order chi connectivity index (χ0) is 12.2. The van der Waals surface area contributed by atoms with E-state index in [0.29, 0.717) is 19.8 Å². The fourth-order valence-corrected chi connectivity index (χ4v) is 1.54. The third-order valence-corrected chi connectivity index (χ3v) is 2.95.